The van der Waals surface area contributed by atoms with Crippen molar-refractivity contribution in [2.45, 2.75) is 25.9 Å². The van der Waals surface area contributed by atoms with Crippen molar-refractivity contribution < 1.29 is 4.79 Å². The second-order valence-electron chi connectivity index (χ2n) is 5.80. The number of hydrogen-bond donors (Lipinski definition) is 0. The zero-order chi connectivity index (χ0) is 16.9. The quantitative estimate of drug-likeness (QED) is 0.689. The minimum atomic E-state index is 0.0465. The molecule has 0 N–H and O–H groups in total. The lowest BCUT2D eigenvalue weighted by molar-refractivity contribution is -0.131. The molecule has 6 heteroatoms. The van der Waals surface area contributed by atoms with Crippen molar-refractivity contribution in [2.75, 3.05) is 7.05 Å². The predicted molar refractivity (Wildman–Crippen MR) is 95.6 cm³/mol. The molecule has 0 spiro atoms. The fourth-order valence-corrected chi connectivity index (χ4v) is 3.28. The van der Waals surface area contributed by atoms with E-state index in [-0.39, 0.29) is 11.9 Å². The molecule has 2 aromatic heterocycles. The van der Waals surface area contributed by atoms with Gasteiger partial charge < -0.3 is 4.90 Å². The van der Waals surface area contributed by atoms with E-state index >= 15 is 0 Å². The zero-order valence-electron chi connectivity index (χ0n) is 13.8. The lowest BCUT2D eigenvalue weighted by Gasteiger charge is -2.19. The molecule has 0 radical (unpaired) electrons. The Morgan fingerprint density at radius 1 is 1.29 bits per heavy atom. The Kier molecular flexibility index (Phi) is 5.05. The molecule has 0 fully saturated rings. The molecule has 0 unspecified atom stereocenters. The van der Waals surface area contributed by atoms with Gasteiger partial charge in [0, 0.05) is 36.8 Å². The molecule has 124 valence electrons. The number of thiazole rings is 1. The third kappa shape index (κ3) is 3.89. The Bertz CT molecular complexity index is 782. The third-order valence-corrected chi connectivity index (χ3v) is 4.78. The predicted octanol–water partition coefficient (Wildman–Crippen LogP) is 3.62. The standard InChI is InChI=1S/C18H20N4OS/c1-14(22-10-6-9-19-22)11-17(23)21(2)12-16-13-24-18(20-16)15-7-4-3-5-8-15/h3-10,13-14H,11-12H2,1-2H3/t14-/m0/s1. The average molecular weight is 340 g/mol. The Hall–Kier alpha value is -2.47. The van der Waals surface area contributed by atoms with E-state index in [9.17, 15) is 4.79 Å². The summed E-state index contributed by atoms with van der Waals surface area (Å²) in [6.07, 6.45) is 4.03. The van der Waals surface area contributed by atoms with Crippen LogP contribution in [0.2, 0.25) is 0 Å². The maximum Gasteiger partial charge on any atom is 0.224 e. The number of aromatic nitrogens is 3. The highest BCUT2D eigenvalue weighted by Crippen LogP contribution is 2.24. The van der Waals surface area contributed by atoms with E-state index in [1.165, 1.54) is 0 Å². The molecule has 0 aliphatic carbocycles. The van der Waals surface area contributed by atoms with Crippen LogP contribution in [0.25, 0.3) is 10.6 Å². The molecule has 0 aliphatic rings. The molecule has 0 saturated carbocycles. The Morgan fingerprint density at radius 2 is 2.08 bits per heavy atom. The van der Waals surface area contributed by atoms with Crippen LogP contribution in [0.5, 0.6) is 0 Å². The summed E-state index contributed by atoms with van der Waals surface area (Å²) >= 11 is 1.61. The van der Waals surface area contributed by atoms with Gasteiger partial charge in [-0.15, -0.1) is 11.3 Å². The maximum atomic E-state index is 12.4. The summed E-state index contributed by atoms with van der Waals surface area (Å²) in [4.78, 5) is 18.8. The summed E-state index contributed by atoms with van der Waals surface area (Å²) in [5.74, 6) is 0.0901. The number of amides is 1. The van der Waals surface area contributed by atoms with Gasteiger partial charge >= 0.3 is 0 Å². The first-order chi connectivity index (χ1) is 11.6. The summed E-state index contributed by atoms with van der Waals surface area (Å²) in [6, 6.07) is 12.0. The molecule has 5 nitrogen and oxygen atoms in total. The minimum absolute atomic E-state index is 0.0465. The third-order valence-electron chi connectivity index (χ3n) is 3.84. The monoisotopic (exact) mass is 340 g/mol. The van der Waals surface area contributed by atoms with Gasteiger partial charge in [-0.1, -0.05) is 30.3 Å². The molecule has 0 saturated heterocycles. The molecule has 1 atom stereocenters. The highest BCUT2D eigenvalue weighted by molar-refractivity contribution is 7.13. The summed E-state index contributed by atoms with van der Waals surface area (Å²) in [5.41, 5.74) is 2.02. The van der Waals surface area contributed by atoms with Crippen LogP contribution in [0, 0.1) is 0 Å². The summed E-state index contributed by atoms with van der Waals surface area (Å²) in [6.45, 7) is 2.52. The first-order valence-electron chi connectivity index (χ1n) is 7.86. The minimum Gasteiger partial charge on any atom is -0.340 e. The van der Waals surface area contributed by atoms with Gasteiger partial charge in [0.25, 0.3) is 0 Å². The Balaban J connectivity index is 1.59. The lowest BCUT2D eigenvalue weighted by atomic mass is 10.2. The maximum absolute atomic E-state index is 12.4. The number of hydrogen-bond acceptors (Lipinski definition) is 4. The smallest absolute Gasteiger partial charge is 0.224 e. The number of carbonyl (C=O) groups excluding carboxylic acids is 1. The Labute approximate surface area is 145 Å². The van der Waals surface area contributed by atoms with Gasteiger partial charge in [-0.05, 0) is 13.0 Å². The fraction of sp³-hybridized carbons (Fsp3) is 0.278. The van der Waals surface area contributed by atoms with E-state index in [2.05, 4.69) is 10.1 Å². The van der Waals surface area contributed by atoms with E-state index in [1.807, 2.05) is 66.6 Å². The SMILES string of the molecule is C[C@@H](CC(=O)N(C)Cc1csc(-c2ccccc2)n1)n1cccn1. The van der Waals surface area contributed by atoms with Crippen LogP contribution in [-0.2, 0) is 11.3 Å². The van der Waals surface area contributed by atoms with Crippen molar-refractivity contribution in [3.63, 3.8) is 0 Å². The van der Waals surface area contributed by atoms with Gasteiger partial charge in [-0.2, -0.15) is 5.10 Å². The van der Waals surface area contributed by atoms with Crippen molar-refractivity contribution in [1.29, 1.82) is 0 Å². The molecule has 24 heavy (non-hydrogen) atoms. The van der Waals surface area contributed by atoms with Crippen molar-refractivity contribution >= 4 is 17.2 Å². The van der Waals surface area contributed by atoms with Crippen molar-refractivity contribution in [2.24, 2.45) is 0 Å². The highest BCUT2D eigenvalue weighted by Gasteiger charge is 2.16. The van der Waals surface area contributed by atoms with Crippen molar-refractivity contribution in [1.82, 2.24) is 19.7 Å². The van der Waals surface area contributed by atoms with Crippen LogP contribution in [0.4, 0.5) is 0 Å². The van der Waals surface area contributed by atoms with Crippen LogP contribution < -0.4 is 0 Å². The van der Waals surface area contributed by atoms with E-state index in [0.717, 1.165) is 16.3 Å². The van der Waals surface area contributed by atoms with Crippen molar-refractivity contribution in [3.8, 4) is 10.6 Å². The van der Waals surface area contributed by atoms with Gasteiger partial charge in [0.2, 0.25) is 5.91 Å². The highest BCUT2D eigenvalue weighted by atomic mass is 32.1. The fourth-order valence-electron chi connectivity index (χ4n) is 2.47. The molecule has 1 amide bonds. The molecule has 1 aromatic carbocycles. The molecular formula is C18H20N4OS. The molecule has 2 heterocycles. The summed E-state index contributed by atoms with van der Waals surface area (Å²) < 4.78 is 1.81. The average Bonchev–Trinajstić information content (AvgIpc) is 3.27. The van der Waals surface area contributed by atoms with Gasteiger partial charge in [0.15, 0.2) is 0 Å². The number of carbonyl (C=O) groups is 1. The van der Waals surface area contributed by atoms with Crippen LogP contribution in [0.15, 0.2) is 54.2 Å². The van der Waals surface area contributed by atoms with Gasteiger partial charge in [-0.25, -0.2) is 4.98 Å². The molecule has 0 bridgehead atoms. The Morgan fingerprint density at radius 3 is 2.79 bits per heavy atom. The first-order valence-corrected chi connectivity index (χ1v) is 8.74. The van der Waals surface area contributed by atoms with E-state index in [4.69, 9.17) is 0 Å². The van der Waals surface area contributed by atoms with Gasteiger partial charge in [0.05, 0.1) is 18.3 Å². The summed E-state index contributed by atoms with van der Waals surface area (Å²) in [7, 11) is 1.82. The molecule has 3 rings (SSSR count). The zero-order valence-corrected chi connectivity index (χ0v) is 14.6. The summed E-state index contributed by atoms with van der Waals surface area (Å²) in [5, 5.41) is 7.18. The van der Waals surface area contributed by atoms with Crippen LogP contribution in [0.1, 0.15) is 25.1 Å². The normalized spacial score (nSPS) is 12.1. The number of nitrogens with zero attached hydrogens (tertiary/aromatic N) is 4. The van der Waals surface area contributed by atoms with Crippen LogP contribution >= 0.6 is 11.3 Å². The van der Waals surface area contributed by atoms with E-state index in [0.29, 0.717) is 13.0 Å². The molecular weight excluding hydrogens is 320 g/mol. The second kappa shape index (κ2) is 7.40. The van der Waals surface area contributed by atoms with Gasteiger partial charge in [0.1, 0.15) is 5.01 Å². The molecule has 3 aromatic rings. The number of rotatable bonds is 6. The number of benzene rings is 1. The topological polar surface area (TPSA) is 51.0 Å². The lowest BCUT2D eigenvalue weighted by Crippen LogP contribution is -2.28. The largest absolute Gasteiger partial charge is 0.340 e. The van der Waals surface area contributed by atoms with E-state index in [1.54, 1.807) is 22.4 Å². The van der Waals surface area contributed by atoms with Crippen LogP contribution in [0.3, 0.4) is 0 Å². The van der Waals surface area contributed by atoms with Gasteiger partial charge in [-0.3, -0.25) is 9.48 Å². The first kappa shape index (κ1) is 16.4. The van der Waals surface area contributed by atoms with Crippen LogP contribution in [-0.4, -0.2) is 32.6 Å². The van der Waals surface area contributed by atoms with Crippen molar-refractivity contribution in [3.05, 3.63) is 59.9 Å². The van der Waals surface area contributed by atoms with E-state index < -0.39 is 0 Å². The molecule has 0 aliphatic heterocycles. The second-order valence-corrected chi connectivity index (χ2v) is 6.66.